The van der Waals surface area contributed by atoms with Crippen molar-refractivity contribution in [3.63, 3.8) is 0 Å². The molecular formula is C29H28N4O2. The van der Waals surface area contributed by atoms with Crippen molar-refractivity contribution >= 4 is 28.5 Å². The number of para-hydroxylation sites is 3. The van der Waals surface area contributed by atoms with E-state index in [1.165, 1.54) is 5.56 Å². The molecule has 2 amide bonds. The summed E-state index contributed by atoms with van der Waals surface area (Å²) < 4.78 is 2.04. The molecule has 1 fully saturated rings. The molecule has 0 saturated carbocycles. The third kappa shape index (κ3) is 4.09. The smallest absolute Gasteiger partial charge is 0.246 e. The van der Waals surface area contributed by atoms with E-state index in [4.69, 9.17) is 4.98 Å². The summed E-state index contributed by atoms with van der Waals surface area (Å²) in [7, 11) is 0. The quantitative estimate of drug-likeness (QED) is 0.436. The van der Waals surface area contributed by atoms with Gasteiger partial charge in [0.25, 0.3) is 0 Å². The number of anilines is 1. The van der Waals surface area contributed by atoms with E-state index >= 15 is 0 Å². The van der Waals surface area contributed by atoms with Crippen LogP contribution in [0.25, 0.3) is 11.0 Å². The van der Waals surface area contributed by atoms with Gasteiger partial charge in [-0.2, -0.15) is 0 Å². The Balaban J connectivity index is 1.30. The molecule has 2 aliphatic rings. The van der Waals surface area contributed by atoms with Crippen LogP contribution in [-0.2, 0) is 29.1 Å². The predicted octanol–water partition coefficient (Wildman–Crippen LogP) is 4.53. The monoisotopic (exact) mass is 464 g/mol. The number of rotatable bonds is 5. The van der Waals surface area contributed by atoms with Gasteiger partial charge in [0.15, 0.2) is 0 Å². The van der Waals surface area contributed by atoms with Crippen molar-refractivity contribution in [1.29, 1.82) is 0 Å². The van der Waals surface area contributed by atoms with Crippen LogP contribution in [0.5, 0.6) is 0 Å². The number of carbonyl (C=O) groups is 2. The number of nitrogens with zero attached hydrogens (tertiary/aromatic N) is 4. The van der Waals surface area contributed by atoms with E-state index in [9.17, 15) is 9.59 Å². The molecule has 2 aliphatic heterocycles. The Hall–Kier alpha value is -3.93. The number of imidazole rings is 1. The molecule has 0 spiro atoms. The highest BCUT2D eigenvalue weighted by atomic mass is 16.2. The number of hydrogen-bond acceptors (Lipinski definition) is 3. The molecule has 0 radical (unpaired) electrons. The van der Waals surface area contributed by atoms with Gasteiger partial charge in [0.2, 0.25) is 11.8 Å². The summed E-state index contributed by atoms with van der Waals surface area (Å²) in [5, 5.41) is 0. The lowest BCUT2D eigenvalue weighted by atomic mass is 10.0. The first-order valence-electron chi connectivity index (χ1n) is 12.3. The highest BCUT2D eigenvalue weighted by Gasteiger charge is 2.34. The number of carbonyl (C=O) groups excluding carboxylic acids is 2. The molecule has 4 aromatic rings. The van der Waals surface area contributed by atoms with E-state index in [1.807, 2.05) is 87.2 Å². The summed E-state index contributed by atoms with van der Waals surface area (Å²) in [4.78, 5) is 35.3. The van der Waals surface area contributed by atoms with Gasteiger partial charge >= 0.3 is 0 Å². The minimum Gasteiger partial charge on any atom is -0.338 e. The lowest BCUT2D eigenvalue weighted by Crippen LogP contribution is -2.38. The number of likely N-dealkylation sites (tertiary alicyclic amines) is 1. The lowest BCUT2D eigenvalue weighted by Gasteiger charge is -2.30. The van der Waals surface area contributed by atoms with E-state index < -0.39 is 0 Å². The number of hydrogen-bond donors (Lipinski definition) is 0. The second-order valence-electron chi connectivity index (χ2n) is 9.48. The van der Waals surface area contributed by atoms with Crippen molar-refractivity contribution in [1.82, 2.24) is 14.5 Å². The maximum atomic E-state index is 13.6. The van der Waals surface area contributed by atoms with Crippen molar-refractivity contribution < 1.29 is 9.59 Å². The van der Waals surface area contributed by atoms with Crippen LogP contribution in [0.2, 0.25) is 0 Å². The van der Waals surface area contributed by atoms with Gasteiger partial charge in [-0.25, -0.2) is 4.98 Å². The second-order valence-corrected chi connectivity index (χ2v) is 9.48. The summed E-state index contributed by atoms with van der Waals surface area (Å²) in [5.41, 5.74) is 5.16. The van der Waals surface area contributed by atoms with Crippen molar-refractivity contribution in [2.75, 3.05) is 18.0 Å². The summed E-state index contributed by atoms with van der Waals surface area (Å²) in [6, 6.07) is 26.2. The van der Waals surface area contributed by atoms with Crippen LogP contribution in [0.15, 0.2) is 78.9 Å². The minimum atomic E-state index is -0.0416. The number of aromatic nitrogens is 2. The van der Waals surface area contributed by atoms with Gasteiger partial charge in [0.1, 0.15) is 12.4 Å². The average Bonchev–Trinajstić information content (AvgIpc) is 3.44. The Morgan fingerprint density at radius 2 is 1.71 bits per heavy atom. The fourth-order valence-corrected chi connectivity index (χ4v) is 5.49. The molecule has 1 unspecified atom stereocenters. The van der Waals surface area contributed by atoms with Gasteiger partial charge in [0.05, 0.1) is 11.0 Å². The highest BCUT2D eigenvalue weighted by Crippen LogP contribution is 2.32. The number of fused-ring (bicyclic) bond motifs is 2. The summed E-state index contributed by atoms with van der Waals surface area (Å²) in [5.74, 6) is 0.981. The van der Waals surface area contributed by atoms with E-state index in [0.717, 1.165) is 47.5 Å². The maximum absolute atomic E-state index is 13.6. The number of amides is 2. The molecule has 35 heavy (non-hydrogen) atoms. The zero-order chi connectivity index (χ0) is 23.8. The Morgan fingerprint density at radius 3 is 2.60 bits per heavy atom. The Kier molecular flexibility index (Phi) is 5.57. The lowest BCUT2D eigenvalue weighted by molar-refractivity contribution is -0.128. The van der Waals surface area contributed by atoms with E-state index in [-0.39, 0.29) is 24.3 Å². The normalized spacial score (nSPS) is 17.7. The summed E-state index contributed by atoms with van der Waals surface area (Å²) in [6.45, 7) is 2.15. The van der Waals surface area contributed by atoms with Crippen LogP contribution in [0.1, 0.15) is 35.7 Å². The topological polar surface area (TPSA) is 58.4 Å². The van der Waals surface area contributed by atoms with Crippen LogP contribution in [0.3, 0.4) is 0 Å². The molecule has 3 aromatic carbocycles. The SMILES string of the molecule is O=C1CC(c2nc3ccccc3n2CC(=O)N2CCCc3ccccc32)CN1Cc1ccccc1. The van der Waals surface area contributed by atoms with Crippen molar-refractivity contribution in [2.24, 2.45) is 0 Å². The number of aryl methyl sites for hydroxylation is 1. The van der Waals surface area contributed by atoms with Gasteiger partial charge in [-0.05, 0) is 42.2 Å². The molecule has 1 saturated heterocycles. The van der Waals surface area contributed by atoms with Gasteiger partial charge in [-0.15, -0.1) is 0 Å². The first kappa shape index (κ1) is 21.6. The third-order valence-electron chi connectivity index (χ3n) is 7.18. The maximum Gasteiger partial charge on any atom is 0.246 e. The summed E-state index contributed by atoms with van der Waals surface area (Å²) >= 11 is 0. The molecule has 6 rings (SSSR count). The summed E-state index contributed by atoms with van der Waals surface area (Å²) in [6.07, 6.45) is 2.38. The third-order valence-corrected chi connectivity index (χ3v) is 7.18. The standard InChI is InChI=1S/C29H28N4O2/c34-27-17-23(19-31(27)18-21-9-2-1-3-10-21)29-30-24-13-5-7-15-26(24)33(29)20-28(35)32-16-8-12-22-11-4-6-14-25(22)32/h1-7,9-11,13-15,23H,8,12,16-20H2. The minimum absolute atomic E-state index is 0.0416. The molecule has 6 nitrogen and oxygen atoms in total. The van der Waals surface area contributed by atoms with E-state index in [2.05, 4.69) is 6.07 Å². The Labute approximate surface area is 204 Å². The second kappa shape index (κ2) is 9.02. The molecule has 1 atom stereocenters. The van der Waals surface area contributed by atoms with Gasteiger partial charge < -0.3 is 14.4 Å². The highest BCUT2D eigenvalue weighted by molar-refractivity contribution is 5.95. The Morgan fingerprint density at radius 1 is 0.943 bits per heavy atom. The molecular weight excluding hydrogens is 436 g/mol. The van der Waals surface area contributed by atoms with Gasteiger partial charge in [-0.3, -0.25) is 9.59 Å². The average molecular weight is 465 g/mol. The molecule has 1 aromatic heterocycles. The van der Waals surface area contributed by atoms with Crippen LogP contribution < -0.4 is 4.90 Å². The fourth-order valence-electron chi connectivity index (χ4n) is 5.49. The van der Waals surface area contributed by atoms with Gasteiger partial charge in [0, 0.05) is 37.7 Å². The first-order valence-corrected chi connectivity index (χ1v) is 12.3. The molecule has 0 aliphatic carbocycles. The van der Waals surface area contributed by atoms with Crippen molar-refractivity contribution in [3.05, 3.63) is 95.8 Å². The van der Waals surface area contributed by atoms with E-state index in [0.29, 0.717) is 19.5 Å². The van der Waals surface area contributed by atoms with Crippen molar-refractivity contribution in [3.8, 4) is 0 Å². The molecule has 3 heterocycles. The predicted molar refractivity (Wildman–Crippen MR) is 136 cm³/mol. The zero-order valence-electron chi connectivity index (χ0n) is 19.6. The van der Waals surface area contributed by atoms with Crippen LogP contribution in [0, 0.1) is 0 Å². The molecule has 0 bridgehead atoms. The zero-order valence-corrected chi connectivity index (χ0v) is 19.6. The Bertz CT molecular complexity index is 1390. The largest absolute Gasteiger partial charge is 0.338 e. The van der Waals surface area contributed by atoms with E-state index in [1.54, 1.807) is 0 Å². The van der Waals surface area contributed by atoms with Crippen LogP contribution in [-0.4, -0.2) is 39.4 Å². The van der Waals surface area contributed by atoms with Crippen molar-refractivity contribution in [2.45, 2.75) is 38.3 Å². The number of benzene rings is 3. The molecule has 0 N–H and O–H groups in total. The van der Waals surface area contributed by atoms with Gasteiger partial charge in [-0.1, -0.05) is 60.7 Å². The molecule has 6 heteroatoms. The van der Waals surface area contributed by atoms with Crippen LogP contribution in [0.4, 0.5) is 5.69 Å². The molecule has 176 valence electrons. The fraction of sp³-hybridized carbons (Fsp3) is 0.276. The first-order chi connectivity index (χ1) is 17.2. The van der Waals surface area contributed by atoms with Crippen LogP contribution >= 0.6 is 0 Å².